The number of fused-ring (bicyclic) bond motifs is 1. The molecule has 1 aromatic rings. The molecule has 0 saturated heterocycles. The van der Waals surface area contributed by atoms with Gasteiger partial charge in [0.2, 0.25) is 5.91 Å². The minimum atomic E-state index is -0.968. The Morgan fingerprint density at radius 1 is 1.20 bits per heavy atom. The van der Waals surface area contributed by atoms with Gasteiger partial charge in [-0.15, -0.1) is 0 Å². The normalized spacial score (nSPS) is 26.9. The molecule has 0 aromatic heterocycles. The Bertz CT molecular complexity index is 527. The molecular formula is C16H19NO3. The van der Waals surface area contributed by atoms with E-state index in [4.69, 9.17) is 5.11 Å². The second kappa shape index (κ2) is 4.93. The standard InChI is InChI=1S/C16H19NO3/c1-10-5-7-11(8-6-10)17(9-14(18)19)16(20)15-12-3-2-4-13(12)15/h5-8,12-13,15H,2-4,9H2,1H3,(H,18,19). The number of hydrogen-bond donors (Lipinski definition) is 1. The van der Waals surface area contributed by atoms with Crippen molar-refractivity contribution in [3.8, 4) is 0 Å². The maximum absolute atomic E-state index is 12.6. The number of carboxylic acid groups (broad SMARTS) is 1. The molecular weight excluding hydrogens is 254 g/mol. The number of carbonyl (C=O) groups is 2. The molecule has 106 valence electrons. The van der Waals surface area contributed by atoms with Gasteiger partial charge in [0.15, 0.2) is 0 Å². The quantitative estimate of drug-likeness (QED) is 0.916. The fourth-order valence-electron chi connectivity index (χ4n) is 3.52. The summed E-state index contributed by atoms with van der Waals surface area (Å²) in [5.41, 5.74) is 1.78. The second-order valence-corrected chi connectivity index (χ2v) is 5.94. The summed E-state index contributed by atoms with van der Waals surface area (Å²) in [6.45, 7) is 1.72. The van der Waals surface area contributed by atoms with Gasteiger partial charge in [0, 0.05) is 11.6 Å². The third kappa shape index (κ3) is 2.30. The summed E-state index contributed by atoms with van der Waals surface area (Å²) >= 11 is 0. The van der Waals surface area contributed by atoms with E-state index in [0.29, 0.717) is 17.5 Å². The van der Waals surface area contributed by atoms with Crippen molar-refractivity contribution in [2.45, 2.75) is 26.2 Å². The van der Waals surface area contributed by atoms with Crippen LogP contribution in [0.2, 0.25) is 0 Å². The van der Waals surface area contributed by atoms with Crippen molar-refractivity contribution in [3.63, 3.8) is 0 Å². The van der Waals surface area contributed by atoms with Crippen molar-refractivity contribution in [2.24, 2.45) is 17.8 Å². The van der Waals surface area contributed by atoms with Crippen LogP contribution in [0.3, 0.4) is 0 Å². The van der Waals surface area contributed by atoms with E-state index in [1.807, 2.05) is 31.2 Å². The van der Waals surface area contributed by atoms with Crippen LogP contribution in [0.5, 0.6) is 0 Å². The monoisotopic (exact) mass is 273 g/mol. The Kier molecular flexibility index (Phi) is 3.24. The minimum Gasteiger partial charge on any atom is -0.480 e. The summed E-state index contributed by atoms with van der Waals surface area (Å²) in [6, 6.07) is 7.47. The van der Waals surface area contributed by atoms with Crippen LogP contribution in [0.15, 0.2) is 24.3 Å². The summed E-state index contributed by atoms with van der Waals surface area (Å²) in [5.74, 6) is 0.0913. The molecule has 2 atom stereocenters. The Labute approximate surface area is 118 Å². The SMILES string of the molecule is Cc1ccc(N(CC(=O)O)C(=O)C2C3CCCC32)cc1. The minimum absolute atomic E-state index is 0.00838. The average molecular weight is 273 g/mol. The smallest absolute Gasteiger partial charge is 0.323 e. The largest absolute Gasteiger partial charge is 0.480 e. The molecule has 2 unspecified atom stereocenters. The lowest BCUT2D eigenvalue weighted by molar-refractivity contribution is -0.136. The topological polar surface area (TPSA) is 57.6 Å². The molecule has 3 rings (SSSR count). The number of benzene rings is 1. The molecule has 1 N–H and O–H groups in total. The first-order chi connectivity index (χ1) is 9.58. The fourth-order valence-corrected chi connectivity index (χ4v) is 3.52. The first-order valence-electron chi connectivity index (χ1n) is 7.18. The zero-order chi connectivity index (χ0) is 14.3. The van der Waals surface area contributed by atoms with E-state index in [0.717, 1.165) is 18.4 Å². The first-order valence-corrected chi connectivity index (χ1v) is 7.18. The molecule has 4 nitrogen and oxygen atoms in total. The Morgan fingerprint density at radius 2 is 1.80 bits per heavy atom. The first kappa shape index (κ1) is 13.2. The van der Waals surface area contributed by atoms with Gasteiger partial charge in [-0.2, -0.15) is 0 Å². The van der Waals surface area contributed by atoms with Crippen molar-refractivity contribution in [1.29, 1.82) is 0 Å². The Balaban J connectivity index is 1.81. The van der Waals surface area contributed by atoms with Crippen molar-refractivity contribution >= 4 is 17.6 Å². The highest BCUT2D eigenvalue weighted by Gasteiger charge is 2.57. The van der Waals surface area contributed by atoms with E-state index in [9.17, 15) is 9.59 Å². The molecule has 4 heteroatoms. The lowest BCUT2D eigenvalue weighted by Crippen LogP contribution is -2.37. The van der Waals surface area contributed by atoms with Crippen LogP contribution in [0.1, 0.15) is 24.8 Å². The Hall–Kier alpha value is -1.84. The number of carboxylic acids is 1. The van der Waals surface area contributed by atoms with Crippen LogP contribution in [-0.4, -0.2) is 23.5 Å². The highest BCUT2D eigenvalue weighted by molar-refractivity contribution is 6.00. The number of aryl methyl sites for hydroxylation is 1. The van der Waals surface area contributed by atoms with E-state index >= 15 is 0 Å². The van der Waals surface area contributed by atoms with Gasteiger partial charge in [0.1, 0.15) is 6.54 Å². The van der Waals surface area contributed by atoms with E-state index in [-0.39, 0.29) is 18.4 Å². The molecule has 0 aliphatic heterocycles. The van der Waals surface area contributed by atoms with Crippen LogP contribution in [0.25, 0.3) is 0 Å². The van der Waals surface area contributed by atoms with E-state index in [1.165, 1.54) is 11.3 Å². The van der Waals surface area contributed by atoms with Crippen molar-refractivity contribution in [1.82, 2.24) is 0 Å². The van der Waals surface area contributed by atoms with E-state index in [2.05, 4.69) is 0 Å². The van der Waals surface area contributed by atoms with Crippen LogP contribution in [-0.2, 0) is 9.59 Å². The zero-order valence-corrected chi connectivity index (χ0v) is 11.6. The van der Waals surface area contributed by atoms with Gasteiger partial charge in [0.05, 0.1) is 0 Å². The van der Waals surface area contributed by atoms with Crippen molar-refractivity contribution < 1.29 is 14.7 Å². The third-order valence-electron chi connectivity index (χ3n) is 4.60. The third-order valence-corrected chi connectivity index (χ3v) is 4.60. The Morgan fingerprint density at radius 3 is 2.35 bits per heavy atom. The predicted molar refractivity (Wildman–Crippen MR) is 75.5 cm³/mol. The number of aliphatic carboxylic acids is 1. The number of anilines is 1. The van der Waals surface area contributed by atoms with Gasteiger partial charge in [-0.1, -0.05) is 24.1 Å². The van der Waals surface area contributed by atoms with Gasteiger partial charge < -0.3 is 10.0 Å². The van der Waals surface area contributed by atoms with Gasteiger partial charge in [0.25, 0.3) is 0 Å². The number of hydrogen-bond acceptors (Lipinski definition) is 2. The van der Waals surface area contributed by atoms with Gasteiger partial charge in [-0.3, -0.25) is 9.59 Å². The van der Waals surface area contributed by atoms with Crippen molar-refractivity contribution in [3.05, 3.63) is 29.8 Å². The molecule has 2 fully saturated rings. The molecule has 2 aliphatic carbocycles. The number of amides is 1. The second-order valence-electron chi connectivity index (χ2n) is 5.94. The summed E-state index contributed by atoms with van der Waals surface area (Å²) in [4.78, 5) is 25.1. The van der Waals surface area contributed by atoms with Crippen LogP contribution in [0.4, 0.5) is 5.69 Å². The number of rotatable bonds is 4. The number of nitrogens with zero attached hydrogens (tertiary/aromatic N) is 1. The number of carbonyl (C=O) groups excluding carboxylic acids is 1. The summed E-state index contributed by atoms with van der Waals surface area (Å²) in [5, 5.41) is 9.06. The van der Waals surface area contributed by atoms with Gasteiger partial charge in [-0.25, -0.2) is 0 Å². The van der Waals surface area contributed by atoms with Crippen molar-refractivity contribution in [2.75, 3.05) is 11.4 Å². The molecule has 20 heavy (non-hydrogen) atoms. The summed E-state index contributed by atoms with van der Waals surface area (Å²) in [6.07, 6.45) is 3.45. The molecule has 2 aliphatic rings. The highest BCUT2D eigenvalue weighted by atomic mass is 16.4. The summed E-state index contributed by atoms with van der Waals surface area (Å²) in [7, 11) is 0. The highest BCUT2D eigenvalue weighted by Crippen LogP contribution is 2.58. The van der Waals surface area contributed by atoms with Crippen LogP contribution < -0.4 is 4.90 Å². The zero-order valence-electron chi connectivity index (χ0n) is 11.6. The maximum Gasteiger partial charge on any atom is 0.323 e. The van der Waals surface area contributed by atoms with Gasteiger partial charge in [-0.05, 0) is 43.7 Å². The molecule has 0 bridgehead atoms. The predicted octanol–water partition coefficient (Wildman–Crippen LogP) is 2.46. The lowest BCUT2D eigenvalue weighted by Gasteiger charge is -2.22. The lowest BCUT2D eigenvalue weighted by atomic mass is 10.1. The molecule has 1 amide bonds. The fraction of sp³-hybridized carbons (Fsp3) is 0.500. The molecule has 0 spiro atoms. The average Bonchev–Trinajstić information content (AvgIpc) is 2.89. The molecule has 0 radical (unpaired) electrons. The van der Waals surface area contributed by atoms with Crippen LogP contribution >= 0.6 is 0 Å². The molecule has 1 aromatic carbocycles. The van der Waals surface area contributed by atoms with E-state index in [1.54, 1.807) is 0 Å². The molecule has 0 heterocycles. The van der Waals surface area contributed by atoms with Gasteiger partial charge >= 0.3 is 5.97 Å². The summed E-state index contributed by atoms with van der Waals surface area (Å²) < 4.78 is 0. The van der Waals surface area contributed by atoms with E-state index < -0.39 is 5.97 Å². The van der Waals surface area contributed by atoms with Crippen LogP contribution in [0, 0.1) is 24.7 Å². The maximum atomic E-state index is 12.6. The molecule has 2 saturated carbocycles.